The van der Waals surface area contributed by atoms with Gasteiger partial charge in [0, 0.05) is 0 Å². The van der Waals surface area contributed by atoms with E-state index in [0.717, 1.165) is 0 Å². The molecule has 0 aliphatic rings. The van der Waals surface area contributed by atoms with Gasteiger partial charge in [0.25, 0.3) is 0 Å². The van der Waals surface area contributed by atoms with Crippen molar-refractivity contribution in [3.63, 3.8) is 0 Å². The van der Waals surface area contributed by atoms with E-state index in [1.807, 2.05) is 0 Å². The summed E-state index contributed by atoms with van der Waals surface area (Å²) in [5.74, 6) is 0. The lowest BCUT2D eigenvalue weighted by Crippen LogP contribution is -1.87. The molecule has 0 aliphatic heterocycles. The summed E-state index contributed by atoms with van der Waals surface area (Å²) < 4.78 is 0. The van der Waals surface area contributed by atoms with Crippen molar-refractivity contribution in [2.75, 3.05) is 0 Å². The molecule has 4 aromatic carbocycles. The maximum atomic E-state index is 2.33. The zero-order valence-corrected chi connectivity index (χ0v) is 11.8. The van der Waals surface area contributed by atoms with Crippen molar-refractivity contribution in [2.24, 2.45) is 0 Å². The summed E-state index contributed by atoms with van der Waals surface area (Å²) in [6, 6.07) is 22.0. The first kappa shape index (κ1) is 11.5. The summed E-state index contributed by atoms with van der Waals surface area (Å²) in [7, 11) is 0. The number of hydrogen-bond acceptors (Lipinski definition) is 0. The van der Waals surface area contributed by atoms with E-state index in [4.69, 9.17) is 0 Å². The molecule has 0 bridgehead atoms. The second kappa shape index (κ2) is 4.08. The Hall–Kier alpha value is -2.34. The van der Waals surface area contributed by atoms with Crippen LogP contribution in [0, 0.1) is 13.8 Å². The van der Waals surface area contributed by atoms with Crippen LogP contribution in [0.4, 0.5) is 0 Å². The molecule has 4 rings (SSSR count). The first-order valence-electron chi connectivity index (χ1n) is 7.06. The lowest BCUT2D eigenvalue weighted by atomic mass is 9.92. The first-order chi connectivity index (χ1) is 9.75. The van der Waals surface area contributed by atoms with Crippen LogP contribution in [0.15, 0.2) is 60.7 Å². The van der Waals surface area contributed by atoms with Gasteiger partial charge in [-0.2, -0.15) is 0 Å². The molecule has 0 spiro atoms. The highest BCUT2D eigenvalue weighted by atomic mass is 14.1. The van der Waals surface area contributed by atoms with Gasteiger partial charge in [-0.25, -0.2) is 0 Å². The minimum Gasteiger partial charge on any atom is -0.0616 e. The highest BCUT2D eigenvalue weighted by Gasteiger charge is 2.08. The predicted octanol–water partition coefficient (Wildman–Crippen LogP) is 5.76. The molecule has 0 heteroatoms. The molecule has 0 amide bonds. The molecule has 0 atom stereocenters. The molecule has 96 valence electrons. The quantitative estimate of drug-likeness (QED) is 0.277. The zero-order chi connectivity index (χ0) is 13.7. The standard InChI is InChI=1S/C20H16/c1-13-6-5-9-17-14(2)20-16(12-19(13)17)11-10-15-7-3-4-8-18(15)20/h3-12H,1-2H3. The molecule has 0 fully saturated rings. The van der Waals surface area contributed by atoms with Crippen molar-refractivity contribution in [1.29, 1.82) is 0 Å². The van der Waals surface area contributed by atoms with Gasteiger partial charge in [-0.05, 0) is 63.4 Å². The van der Waals surface area contributed by atoms with E-state index >= 15 is 0 Å². The highest BCUT2D eigenvalue weighted by molar-refractivity contribution is 6.14. The molecular weight excluding hydrogens is 240 g/mol. The molecule has 20 heavy (non-hydrogen) atoms. The lowest BCUT2D eigenvalue weighted by molar-refractivity contribution is 1.51. The molecule has 0 N–H and O–H groups in total. The third-order valence-electron chi connectivity index (χ3n) is 4.36. The average molecular weight is 256 g/mol. The number of fused-ring (bicyclic) bond motifs is 4. The Morgan fingerprint density at radius 3 is 2.25 bits per heavy atom. The van der Waals surface area contributed by atoms with E-state index in [0.29, 0.717) is 0 Å². The number of benzene rings is 4. The monoisotopic (exact) mass is 256 g/mol. The van der Waals surface area contributed by atoms with Crippen LogP contribution in [0.5, 0.6) is 0 Å². The van der Waals surface area contributed by atoms with E-state index in [-0.39, 0.29) is 0 Å². The van der Waals surface area contributed by atoms with Gasteiger partial charge in [0.15, 0.2) is 0 Å². The summed E-state index contributed by atoms with van der Waals surface area (Å²) in [5, 5.41) is 8.13. The predicted molar refractivity (Wildman–Crippen MR) is 88.4 cm³/mol. The van der Waals surface area contributed by atoms with Gasteiger partial charge in [-0.15, -0.1) is 0 Å². The van der Waals surface area contributed by atoms with Crippen LogP contribution in [0.1, 0.15) is 11.1 Å². The second-order valence-corrected chi connectivity index (χ2v) is 5.56. The number of rotatable bonds is 0. The van der Waals surface area contributed by atoms with Crippen LogP contribution in [0.3, 0.4) is 0 Å². The van der Waals surface area contributed by atoms with Gasteiger partial charge in [0.05, 0.1) is 0 Å². The van der Waals surface area contributed by atoms with Crippen molar-refractivity contribution >= 4 is 32.3 Å². The Morgan fingerprint density at radius 1 is 0.600 bits per heavy atom. The van der Waals surface area contributed by atoms with Crippen LogP contribution in [-0.2, 0) is 0 Å². The molecule has 0 heterocycles. The van der Waals surface area contributed by atoms with Crippen molar-refractivity contribution in [3.8, 4) is 0 Å². The van der Waals surface area contributed by atoms with Gasteiger partial charge < -0.3 is 0 Å². The van der Waals surface area contributed by atoms with Gasteiger partial charge in [0.2, 0.25) is 0 Å². The van der Waals surface area contributed by atoms with E-state index in [9.17, 15) is 0 Å². The molecule has 0 unspecified atom stereocenters. The number of hydrogen-bond donors (Lipinski definition) is 0. The zero-order valence-electron chi connectivity index (χ0n) is 11.8. The Balaban J connectivity index is 2.33. The second-order valence-electron chi connectivity index (χ2n) is 5.56. The van der Waals surface area contributed by atoms with E-state index in [1.165, 1.54) is 43.4 Å². The SMILES string of the molecule is Cc1cccc2c(C)c3c(ccc4ccccc43)cc12. The molecule has 4 aromatic rings. The molecule has 0 radical (unpaired) electrons. The minimum atomic E-state index is 1.31. The van der Waals surface area contributed by atoms with Gasteiger partial charge in [-0.1, -0.05) is 54.6 Å². The van der Waals surface area contributed by atoms with Gasteiger partial charge in [0.1, 0.15) is 0 Å². The topological polar surface area (TPSA) is 0 Å². The van der Waals surface area contributed by atoms with Crippen molar-refractivity contribution in [1.82, 2.24) is 0 Å². The minimum absolute atomic E-state index is 1.31. The van der Waals surface area contributed by atoms with Crippen LogP contribution in [0.2, 0.25) is 0 Å². The fraction of sp³-hybridized carbons (Fsp3) is 0.100. The van der Waals surface area contributed by atoms with E-state index < -0.39 is 0 Å². The fourth-order valence-corrected chi connectivity index (χ4v) is 3.32. The molecule has 0 aromatic heterocycles. The van der Waals surface area contributed by atoms with Crippen molar-refractivity contribution in [2.45, 2.75) is 13.8 Å². The first-order valence-corrected chi connectivity index (χ1v) is 7.06. The normalized spacial score (nSPS) is 11.5. The fourth-order valence-electron chi connectivity index (χ4n) is 3.32. The van der Waals surface area contributed by atoms with Crippen molar-refractivity contribution in [3.05, 3.63) is 71.8 Å². The van der Waals surface area contributed by atoms with E-state index in [1.54, 1.807) is 0 Å². The summed E-state index contributed by atoms with van der Waals surface area (Å²) in [5.41, 5.74) is 2.73. The summed E-state index contributed by atoms with van der Waals surface area (Å²) in [6.07, 6.45) is 0. The Bertz CT molecular complexity index is 962. The van der Waals surface area contributed by atoms with Crippen LogP contribution < -0.4 is 0 Å². The maximum absolute atomic E-state index is 2.33. The summed E-state index contributed by atoms with van der Waals surface area (Å²) in [4.78, 5) is 0. The van der Waals surface area contributed by atoms with Crippen molar-refractivity contribution < 1.29 is 0 Å². The molecule has 0 nitrogen and oxygen atoms in total. The van der Waals surface area contributed by atoms with Gasteiger partial charge in [-0.3, -0.25) is 0 Å². The highest BCUT2D eigenvalue weighted by Crippen LogP contribution is 2.34. The largest absolute Gasteiger partial charge is 0.0616 e. The summed E-state index contributed by atoms with van der Waals surface area (Å²) >= 11 is 0. The number of aryl methyl sites for hydroxylation is 2. The van der Waals surface area contributed by atoms with Crippen LogP contribution in [-0.4, -0.2) is 0 Å². The van der Waals surface area contributed by atoms with Gasteiger partial charge >= 0.3 is 0 Å². The molecule has 0 aliphatic carbocycles. The summed E-state index contributed by atoms with van der Waals surface area (Å²) in [6.45, 7) is 4.44. The molecule has 0 saturated carbocycles. The average Bonchev–Trinajstić information content (AvgIpc) is 2.48. The van der Waals surface area contributed by atoms with E-state index in [2.05, 4.69) is 74.5 Å². The Kier molecular flexibility index (Phi) is 2.34. The Labute approximate surface area is 118 Å². The van der Waals surface area contributed by atoms with Crippen LogP contribution >= 0.6 is 0 Å². The molecule has 0 saturated heterocycles. The smallest absolute Gasteiger partial charge is 0.00697 e. The maximum Gasteiger partial charge on any atom is -0.00697 e. The Morgan fingerprint density at radius 2 is 1.35 bits per heavy atom. The lowest BCUT2D eigenvalue weighted by Gasteiger charge is -2.12. The molecular formula is C20H16. The third-order valence-corrected chi connectivity index (χ3v) is 4.36. The third kappa shape index (κ3) is 1.48. The van der Waals surface area contributed by atoms with Crippen LogP contribution in [0.25, 0.3) is 32.3 Å².